The van der Waals surface area contributed by atoms with Crippen LogP contribution >= 0.6 is 0 Å². The Labute approximate surface area is 167 Å². The summed E-state index contributed by atoms with van der Waals surface area (Å²) in [5.41, 5.74) is 1.84. The van der Waals surface area contributed by atoms with Gasteiger partial charge in [0.15, 0.2) is 11.7 Å². The maximum Gasteiger partial charge on any atom is 0.242 e. The molecule has 1 heterocycles. The molecule has 0 saturated carbocycles. The summed E-state index contributed by atoms with van der Waals surface area (Å²) in [6.07, 6.45) is 0. The first-order chi connectivity index (χ1) is 13.2. The van der Waals surface area contributed by atoms with Crippen molar-refractivity contribution in [3.63, 3.8) is 0 Å². The highest BCUT2D eigenvalue weighted by Crippen LogP contribution is 2.15. The Morgan fingerprint density at radius 1 is 1.21 bits per heavy atom. The van der Waals surface area contributed by atoms with E-state index in [9.17, 15) is 8.42 Å². The van der Waals surface area contributed by atoms with Gasteiger partial charge in [-0.3, -0.25) is 0 Å². The topological polar surface area (TPSA) is 99.8 Å². The van der Waals surface area contributed by atoms with Crippen molar-refractivity contribution in [1.82, 2.24) is 20.1 Å². The van der Waals surface area contributed by atoms with E-state index in [0.29, 0.717) is 25.0 Å². The van der Waals surface area contributed by atoms with Crippen LogP contribution in [-0.4, -0.2) is 44.5 Å². The first-order valence-electron chi connectivity index (χ1n) is 9.23. The number of nitrogens with one attached hydrogen (secondary N) is 2. The summed E-state index contributed by atoms with van der Waals surface area (Å²) in [6.45, 7) is 7.74. The molecule has 0 bridgehead atoms. The number of benzene rings is 1. The third kappa shape index (κ3) is 5.80. The molecule has 0 aliphatic rings. The van der Waals surface area contributed by atoms with Crippen molar-refractivity contribution in [2.45, 2.75) is 44.7 Å². The number of hydrogen-bond donors (Lipinski definition) is 2. The van der Waals surface area contributed by atoms with Crippen molar-refractivity contribution in [3.05, 3.63) is 47.3 Å². The maximum atomic E-state index is 12.1. The van der Waals surface area contributed by atoms with Crippen molar-refractivity contribution in [3.8, 4) is 0 Å². The van der Waals surface area contributed by atoms with E-state index in [2.05, 4.69) is 34.6 Å². The zero-order valence-corrected chi connectivity index (χ0v) is 17.9. The molecule has 9 heteroatoms. The summed E-state index contributed by atoms with van der Waals surface area (Å²) >= 11 is 0. The predicted octanol–water partition coefficient (Wildman–Crippen LogP) is 2.30. The quantitative estimate of drug-likeness (QED) is 0.514. The van der Waals surface area contributed by atoms with E-state index in [4.69, 9.17) is 4.52 Å². The van der Waals surface area contributed by atoms with Gasteiger partial charge in [0.25, 0.3) is 0 Å². The number of guanidine groups is 1. The summed E-state index contributed by atoms with van der Waals surface area (Å²) in [6, 6.07) is 8.68. The summed E-state index contributed by atoms with van der Waals surface area (Å²) < 4.78 is 30.8. The molecule has 0 atom stereocenters. The summed E-state index contributed by atoms with van der Waals surface area (Å²) in [5.74, 6) is 1.71. The van der Waals surface area contributed by atoms with Gasteiger partial charge < -0.3 is 15.2 Å². The Morgan fingerprint density at radius 3 is 2.43 bits per heavy atom. The molecule has 8 nitrogen and oxygen atoms in total. The molecule has 2 rings (SSSR count). The number of nitrogens with zero attached hydrogens (tertiary/aromatic N) is 3. The van der Waals surface area contributed by atoms with Crippen LogP contribution in [0.2, 0.25) is 0 Å². The molecule has 2 N–H and O–H groups in total. The molecule has 0 spiro atoms. The van der Waals surface area contributed by atoms with Crippen molar-refractivity contribution in [2.75, 3.05) is 20.6 Å². The SMILES string of the molecule is CCNC(=NCc1ccc(S(=O)(=O)N(C)C)cc1)NCc1cc(C(C)C)no1. The van der Waals surface area contributed by atoms with Crippen LogP contribution in [0.4, 0.5) is 0 Å². The van der Waals surface area contributed by atoms with Crippen LogP contribution in [0, 0.1) is 0 Å². The zero-order chi connectivity index (χ0) is 20.7. The number of rotatable bonds is 8. The maximum absolute atomic E-state index is 12.1. The molecule has 1 aromatic carbocycles. The van der Waals surface area contributed by atoms with E-state index in [0.717, 1.165) is 23.6 Å². The standard InChI is InChI=1S/C19H29N5O3S/c1-6-20-19(22-13-16-11-18(14(2)3)23-27-16)21-12-15-7-9-17(10-8-15)28(25,26)24(4)5/h7-11,14H,6,12-13H2,1-5H3,(H2,20,21,22). The van der Waals surface area contributed by atoms with E-state index in [-0.39, 0.29) is 4.90 Å². The first-order valence-corrected chi connectivity index (χ1v) is 10.7. The molecule has 154 valence electrons. The third-order valence-electron chi connectivity index (χ3n) is 4.06. The van der Waals surface area contributed by atoms with Crippen molar-refractivity contribution in [2.24, 2.45) is 4.99 Å². The number of aliphatic imine (C=N–C) groups is 1. The summed E-state index contributed by atoms with van der Waals surface area (Å²) in [7, 11) is -0.392. The molecule has 0 fully saturated rings. The smallest absolute Gasteiger partial charge is 0.242 e. The highest BCUT2D eigenvalue weighted by Gasteiger charge is 2.16. The molecular weight excluding hydrogens is 378 g/mol. The van der Waals surface area contributed by atoms with Gasteiger partial charge in [-0.15, -0.1) is 0 Å². The Morgan fingerprint density at radius 2 is 1.89 bits per heavy atom. The zero-order valence-electron chi connectivity index (χ0n) is 17.1. The Kier molecular flexibility index (Phi) is 7.59. The van der Waals surface area contributed by atoms with E-state index in [1.54, 1.807) is 24.3 Å². The monoisotopic (exact) mass is 407 g/mol. The lowest BCUT2D eigenvalue weighted by atomic mass is 10.1. The molecule has 28 heavy (non-hydrogen) atoms. The van der Waals surface area contributed by atoms with Crippen LogP contribution in [0.1, 0.15) is 43.7 Å². The normalized spacial score (nSPS) is 12.6. The molecule has 0 radical (unpaired) electrons. The average molecular weight is 408 g/mol. The highest BCUT2D eigenvalue weighted by atomic mass is 32.2. The third-order valence-corrected chi connectivity index (χ3v) is 5.89. The Hall–Kier alpha value is -2.39. The number of sulfonamides is 1. The minimum absolute atomic E-state index is 0.265. The van der Waals surface area contributed by atoms with Gasteiger partial charge in [0.1, 0.15) is 0 Å². The second kappa shape index (κ2) is 9.70. The van der Waals surface area contributed by atoms with E-state index in [1.807, 2.05) is 13.0 Å². The van der Waals surface area contributed by atoms with Crippen LogP contribution in [0.3, 0.4) is 0 Å². The molecule has 0 amide bonds. The molecule has 1 aromatic heterocycles. The van der Waals surface area contributed by atoms with Gasteiger partial charge in [-0.05, 0) is 30.5 Å². The van der Waals surface area contributed by atoms with Crippen LogP contribution in [-0.2, 0) is 23.1 Å². The molecular formula is C19H29N5O3S. The van der Waals surface area contributed by atoms with Crippen molar-refractivity contribution < 1.29 is 12.9 Å². The van der Waals surface area contributed by atoms with Gasteiger partial charge in [-0.25, -0.2) is 17.7 Å². The minimum Gasteiger partial charge on any atom is -0.359 e. The highest BCUT2D eigenvalue weighted by molar-refractivity contribution is 7.89. The molecule has 0 aliphatic heterocycles. The second-order valence-corrected chi connectivity index (χ2v) is 9.00. The fraction of sp³-hybridized carbons (Fsp3) is 0.474. The van der Waals surface area contributed by atoms with Crippen molar-refractivity contribution >= 4 is 16.0 Å². The van der Waals surface area contributed by atoms with Gasteiger partial charge >= 0.3 is 0 Å². The largest absolute Gasteiger partial charge is 0.359 e. The van der Waals surface area contributed by atoms with Gasteiger partial charge in [-0.2, -0.15) is 0 Å². The van der Waals surface area contributed by atoms with E-state index in [1.165, 1.54) is 18.4 Å². The predicted molar refractivity (Wildman–Crippen MR) is 110 cm³/mol. The van der Waals surface area contributed by atoms with Gasteiger partial charge in [0.2, 0.25) is 10.0 Å². The fourth-order valence-electron chi connectivity index (χ4n) is 2.34. The van der Waals surface area contributed by atoms with E-state index < -0.39 is 10.0 Å². The molecule has 0 aliphatic carbocycles. The lowest BCUT2D eigenvalue weighted by molar-refractivity contribution is 0.372. The van der Waals surface area contributed by atoms with Gasteiger partial charge in [0.05, 0.1) is 23.7 Å². The van der Waals surface area contributed by atoms with E-state index >= 15 is 0 Å². The van der Waals surface area contributed by atoms with Gasteiger partial charge in [-0.1, -0.05) is 31.1 Å². The molecule has 0 unspecified atom stereocenters. The van der Waals surface area contributed by atoms with Crippen LogP contribution in [0.5, 0.6) is 0 Å². The Bertz CT molecular complexity index is 887. The molecule has 0 saturated heterocycles. The second-order valence-electron chi connectivity index (χ2n) is 6.85. The summed E-state index contributed by atoms with van der Waals surface area (Å²) in [5, 5.41) is 10.4. The number of aromatic nitrogens is 1. The fourth-order valence-corrected chi connectivity index (χ4v) is 3.25. The number of hydrogen-bond acceptors (Lipinski definition) is 5. The molecule has 2 aromatic rings. The van der Waals surface area contributed by atoms with Crippen molar-refractivity contribution in [1.29, 1.82) is 0 Å². The van der Waals surface area contributed by atoms with Gasteiger partial charge in [0, 0.05) is 26.7 Å². The lowest BCUT2D eigenvalue weighted by Gasteiger charge is -2.12. The Balaban J connectivity index is 2.01. The minimum atomic E-state index is -3.42. The first kappa shape index (κ1) is 21.9. The average Bonchev–Trinajstić information content (AvgIpc) is 3.13. The lowest BCUT2D eigenvalue weighted by Crippen LogP contribution is -2.36. The van der Waals surface area contributed by atoms with Crippen LogP contribution < -0.4 is 10.6 Å². The van der Waals surface area contributed by atoms with Crippen LogP contribution in [0.15, 0.2) is 44.7 Å². The van der Waals surface area contributed by atoms with Crippen LogP contribution in [0.25, 0.3) is 0 Å². The summed E-state index contributed by atoms with van der Waals surface area (Å²) in [4.78, 5) is 4.81.